The van der Waals surface area contributed by atoms with Crippen molar-refractivity contribution < 1.29 is 0 Å². The van der Waals surface area contributed by atoms with Gasteiger partial charge in [-0.3, -0.25) is 5.41 Å². The molecule has 1 aliphatic carbocycles. The predicted octanol–water partition coefficient (Wildman–Crippen LogP) is 6.64. The van der Waals surface area contributed by atoms with E-state index in [0.29, 0.717) is 5.71 Å². The van der Waals surface area contributed by atoms with E-state index in [1.54, 1.807) is 0 Å². The summed E-state index contributed by atoms with van der Waals surface area (Å²) < 4.78 is 0. The lowest BCUT2D eigenvalue weighted by Gasteiger charge is -2.20. The van der Waals surface area contributed by atoms with Crippen LogP contribution < -0.4 is 0 Å². The molecule has 4 rings (SSSR count). The third kappa shape index (κ3) is 2.61. The molecule has 1 unspecified atom stereocenters. The summed E-state index contributed by atoms with van der Waals surface area (Å²) in [7, 11) is 0. The van der Waals surface area contributed by atoms with E-state index < -0.39 is 0 Å². The second-order valence-corrected chi connectivity index (χ2v) is 7.13. The summed E-state index contributed by atoms with van der Waals surface area (Å²) in [6, 6.07) is 22.9. The van der Waals surface area contributed by atoms with Gasteiger partial charge in [0.15, 0.2) is 0 Å². The Labute approximate surface area is 155 Å². The van der Waals surface area contributed by atoms with Crippen molar-refractivity contribution in [2.75, 3.05) is 0 Å². The quantitative estimate of drug-likeness (QED) is 0.518. The minimum Gasteiger partial charge on any atom is -0.300 e. The fourth-order valence-corrected chi connectivity index (χ4v) is 3.94. The van der Waals surface area contributed by atoms with Crippen LogP contribution in [0.4, 0.5) is 0 Å². The maximum atomic E-state index is 8.99. The smallest absolute Gasteiger partial charge is 0.0693 e. The van der Waals surface area contributed by atoms with Crippen molar-refractivity contribution in [3.05, 3.63) is 106 Å². The molecule has 0 fully saturated rings. The van der Waals surface area contributed by atoms with Gasteiger partial charge in [0.1, 0.15) is 0 Å². The van der Waals surface area contributed by atoms with Crippen LogP contribution in [0.5, 0.6) is 0 Å². The fraction of sp³-hybridized carbons (Fsp3) is 0.160. The van der Waals surface area contributed by atoms with Crippen LogP contribution in [-0.2, 0) is 0 Å². The minimum absolute atomic E-state index is 0.249. The predicted molar refractivity (Wildman–Crippen MR) is 111 cm³/mol. The average molecular weight is 337 g/mol. The van der Waals surface area contributed by atoms with E-state index in [2.05, 4.69) is 63.2 Å². The van der Waals surface area contributed by atoms with Gasteiger partial charge in [-0.2, -0.15) is 0 Å². The zero-order valence-electron chi connectivity index (χ0n) is 15.5. The minimum atomic E-state index is 0.249. The van der Waals surface area contributed by atoms with Crippen LogP contribution in [0.15, 0.2) is 89.5 Å². The van der Waals surface area contributed by atoms with E-state index in [4.69, 9.17) is 5.41 Å². The standard InChI is InChI=1S/C25H23N/c1-16-15-23(18(3)17(16)2)22-14-13-19-9-7-8-12-21(19)24(22)25(26)20-10-5-4-6-11-20/h4-15,23,26H,1-3H3. The second-order valence-electron chi connectivity index (χ2n) is 7.13. The number of hydrogen-bond acceptors (Lipinski definition) is 1. The molecule has 0 spiro atoms. The Bertz CT molecular complexity index is 1070. The van der Waals surface area contributed by atoms with Gasteiger partial charge >= 0.3 is 0 Å². The summed E-state index contributed by atoms with van der Waals surface area (Å²) in [6.45, 7) is 6.60. The zero-order chi connectivity index (χ0) is 18.3. The molecule has 128 valence electrons. The van der Waals surface area contributed by atoms with E-state index >= 15 is 0 Å². The fourth-order valence-electron chi connectivity index (χ4n) is 3.94. The molecule has 0 saturated carbocycles. The van der Waals surface area contributed by atoms with E-state index in [9.17, 15) is 0 Å². The second kappa shape index (κ2) is 6.42. The third-order valence-electron chi connectivity index (χ3n) is 5.67. The summed E-state index contributed by atoms with van der Waals surface area (Å²) in [4.78, 5) is 0. The first-order valence-corrected chi connectivity index (χ1v) is 9.10. The number of rotatable bonds is 3. The summed E-state index contributed by atoms with van der Waals surface area (Å²) in [6.07, 6.45) is 2.34. The molecule has 0 heterocycles. The monoisotopic (exact) mass is 337 g/mol. The molecule has 0 aliphatic heterocycles. The third-order valence-corrected chi connectivity index (χ3v) is 5.67. The Hall–Kier alpha value is -2.93. The van der Waals surface area contributed by atoms with Crippen LogP contribution in [0.3, 0.4) is 0 Å². The maximum Gasteiger partial charge on any atom is 0.0693 e. The highest BCUT2D eigenvalue weighted by Crippen LogP contribution is 2.41. The molecule has 0 saturated heterocycles. The lowest BCUT2D eigenvalue weighted by atomic mass is 9.84. The molecule has 3 aromatic carbocycles. The van der Waals surface area contributed by atoms with E-state index in [1.807, 2.05) is 30.3 Å². The average Bonchev–Trinajstić information content (AvgIpc) is 2.94. The molecule has 1 atom stereocenters. The molecule has 1 aliphatic rings. The van der Waals surface area contributed by atoms with Gasteiger partial charge in [-0.25, -0.2) is 0 Å². The van der Waals surface area contributed by atoms with Crippen molar-refractivity contribution in [3.8, 4) is 0 Å². The Morgan fingerprint density at radius 1 is 0.808 bits per heavy atom. The van der Waals surface area contributed by atoms with Crippen molar-refractivity contribution >= 4 is 16.5 Å². The molecule has 3 aromatic rings. The Balaban J connectivity index is 1.99. The van der Waals surface area contributed by atoms with Crippen LogP contribution in [0, 0.1) is 5.41 Å². The van der Waals surface area contributed by atoms with Crippen LogP contribution in [0.2, 0.25) is 0 Å². The summed E-state index contributed by atoms with van der Waals surface area (Å²) in [5, 5.41) is 11.3. The van der Waals surface area contributed by atoms with Gasteiger partial charge < -0.3 is 0 Å². The first-order valence-electron chi connectivity index (χ1n) is 9.10. The van der Waals surface area contributed by atoms with Gasteiger partial charge in [-0.15, -0.1) is 0 Å². The van der Waals surface area contributed by atoms with Crippen molar-refractivity contribution in [2.24, 2.45) is 0 Å². The molecule has 0 amide bonds. The number of hydrogen-bond donors (Lipinski definition) is 1. The van der Waals surface area contributed by atoms with Gasteiger partial charge in [0, 0.05) is 17.0 Å². The van der Waals surface area contributed by atoms with E-state index in [1.165, 1.54) is 27.7 Å². The molecule has 1 heteroatoms. The van der Waals surface area contributed by atoms with Gasteiger partial charge in [0.05, 0.1) is 5.71 Å². The first-order chi connectivity index (χ1) is 12.6. The largest absolute Gasteiger partial charge is 0.300 e. The zero-order valence-corrected chi connectivity index (χ0v) is 15.5. The van der Waals surface area contributed by atoms with Crippen LogP contribution in [-0.4, -0.2) is 5.71 Å². The Morgan fingerprint density at radius 3 is 2.19 bits per heavy atom. The van der Waals surface area contributed by atoms with Gasteiger partial charge in [-0.05, 0) is 42.7 Å². The number of nitrogens with one attached hydrogen (secondary N) is 1. The van der Waals surface area contributed by atoms with Crippen molar-refractivity contribution in [1.29, 1.82) is 5.41 Å². The van der Waals surface area contributed by atoms with Crippen molar-refractivity contribution in [3.63, 3.8) is 0 Å². The maximum absolute atomic E-state index is 8.99. The van der Waals surface area contributed by atoms with E-state index in [-0.39, 0.29) is 5.92 Å². The van der Waals surface area contributed by atoms with E-state index in [0.717, 1.165) is 16.5 Å². The lowest BCUT2D eigenvalue weighted by Crippen LogP contribution is -2.09. The molecular weight excluding hydrogens is 314 g/mol. The highest BCUT2D eigenvalue weighted by atomic mass is 14.4. The molecule has 1 N–H and O–H groups in total. The molecule has 1 nitrogen and oxygen atoms in total. The molecule has 0 aromatic heterocycles. The summed E-state index contributed by atoms with van der Waals surface area (Å²) in [5.41, 5.74) is 7.95. The molecule has 26 heavy (non-hydrogen) atoms. The van der Waals surface area contributed by atoms with Crippen LogP contribution in [0.25, 0.3) is 10.8 Å². The number of fused-ring (bicyclic) bond motifs is 1. The molecule has 0 radical (unpaired) electrons. The highest BCUT2D eigenvalue weighted by Gasteiger charge is 2.25. The Morgan fingerprint density at radius 2 is 1.50 bits per heavy atom. The van der Waals surface area contributed by atoms with Gasteiger partial charge in [-0.1, -0.05) is 84.0 Å². The topological polar surface area (TPSA) is 23.9 Å². The van der Waals surface area contributed by atoms with Gasteiger partial charge in [0.25, 0.3) is 0 Å². The Kier molecular flexibility index (Phi) is 4.08. The van der Waals surface area contributed by atoms with Crippen LogP contribution in [0.1, 0.15) is 43.4 Å². The van der Waals surface area contributed by atoms with Crippen molar-refractivity contribution in [1.82, 2.24) is 0 Å². The molecule has 0 bridgehead atoms. The normalized spacial score (nSPS) is 16.9. The summed E-state index contributed by atoms with van der Waals surface area (Å²) in [5.74, 6) is 0.249. The van der Waals surface area contributed by atoms with Crippen molar-refractivity contribution in [2.45, 2.75) is 26.7 Å². The number of allylic oxidation sites excluding steroid dienone is 4. The SMILES string of the molecule is CC1=CC(c2ccc3ccccc3c2C(=N)c2ccccc2)C(C)=C1C. The highest BCUT2D eigenvalue weighted by molar-refractivity contribution is 6.19. The molecular formula is C25H23N. The number of benzene rings is 3. The lowest BCUT2D eigenvalue weighted by molar-refractivity contribution is 1.00. The first kappa shape index (κ1) is 16.5. The van der Waals surface area contributed by atoms with Crippen LogP contribution >= 0.6 is 0 Å². The van der Waals surface area contributed by atoms with Gasteiger partial charge in [0.2, 0.25) is 0 Å². The summed E-state index contributed by atoms with van der Waals surface area (Å²) >= 11 is 0.